The quantitative estimate of drug-likeness (QED) is 0.110. The number of esters is 1. The van der Waals surface area contributed by atoms with Crippen molar-refractivity contribution in [2.75, 3.05) is 7.11 Å². The summed E-state index contributed by atoms with van der Waals surface area (Å²) in [7, 11) is 1.42. The minimum atomic E-state index is -0.336. The van der Waals surface area contributed by atoms with Crippen molar-refractivity contribution in [3.05, 3.63) is 34.9 Å². The number of hydrogen-bond donors (Lipinski definition) is 0. The van der Waals surface area contributed by atoms with Gasteiger partial charge in [0, 0.05) is 24.0 Å². The number of benzene rings is 1. The van der Waals surface area contributed by atoms with E-state index < -0.39 is 0 Å². The van der Waals surface area contributed by atoms with Gasteiger partial charge in [-0.3, -0.25) is 0 Å². The van der Waals surface area contributed by atoms with Crippen LogP contribution in [0.5, 0.6) is 0 Å². The van der Waals surface area contributed by atoms with Gasteiger partial charge in [-0.2, -0.15) is 0 Å². The molecule has 1 rings (SSSR count). The molecule has 2 nitrogen and oxygen atoms in total. The van der Waals surface area contributed by atoms with E-state index in [2.05, 4.69) is 65.2 Å². The number of carbonyl (C=O) groups is 1. The van der Waals surface area contributed by atoms with Gasteiger partial charge in [0.1, 0.15) is 0 Å². The second-order valence-electron chi connectivity index (χ2n) is 14.0. The van der Waals surface area contributed by atoms with Gasteiger partial charge in [-0.25, -0.2) is 4.79 Å². The van der Waals surface area contributed by atoms with Gasteiger partial charge in [0.25, 0.3) is 0 Å². The molecular weight excluding hydrogens is 488 g/mol. The fourth-order valence-corrected chi connectivity index (χ4v) is 4.84. The number of methoxy groups -OCH3 is 1. The molecule has 0 heterocycles. The van der Waals surface area contributed by atoms with Gasteiger partial charge in [-0.1, -0.05) is 142 Å². The lowest BCUT2D eigenvalue weighted by Gasteiger charge is -2.17. The Balaban J connectivity index is 2.38. The van der Waals surface area contributed by atoms with Crippen molar-refractivity contribution in [1.29, 1.82) is 0 Å². The molecule has 0 aliphatic rings. The summed E-state index contributed by atoms with van der Waals surface area (Å²) in [6.45, 7) is 14.0. The lowest BCUT2D eigenvalue weighted by Crippen LogP contribution is -2.03. The number of rotatable bonds is 17. The first-order valence-corrected chi connectivity index (χ1v) is 16.2. The highest BCUT2D eigenvalue weighted by Crippen LogP contribution is 2.23. The molecule has 1 aromatic rings. The van der Waals surface area contributed by atoms with E-state index in [1.165, 1.54) is 97.0 Å². The lowest BCUT2D eigenvalue weighted by atomic mass is 9.89. The van der Waals surface area contributed by atoms with E-state index in [4.69, 9.17) is 4.74 Å². The summed E-state index contributed by atoms with van der Waals surface area (Å²) in [5.74, 6) is 12.8. The van der Waals surface area contributed by atoms with Crippen molar-refractivity contribution in [1.82, 2.24) is 0 Å². The maximum Gasteiger partial charge on any atom is 0.337 e. The average molecular weight is 549 g/mol. The van der Waals surface area contributed by atoms with Crippen LogP contribution in [0.15, 0.2) is 18.2 Å². The zero-order valence-electron chi connectivity index (χ0n) is 27.3. The van der Waals surface area contributed by atoms with Crippen LogP contribution in [0, 0.1) is 34.5 Å². The third-order valence-corrected chi connectivity index (χ3v) is 7.28. The molecule has 0 aliphatic heterocycles. The molecule has 0 unspecified atom stereocenters. The smallest absolute Gasteiger partial charge is 0.337 e. The van der Waals surface area contributed by atoms with Crippen LogP contribution in [0.4, 0.5) is 0 Å². The van der Waals surface area contributed by atoms with Gasteiger partial charge in [0.2, 0.25) is 0 Å². The zero-order chi connectivity index (χ0) is 29.7. The Morgan fingerprint density at radius 2 is 0.925 bits per heavy atom. The Morgan fingerprint density at radius 3 is 1.27 bits per heavy atom. The monoisotopic (exact) mass is 548 g/mol. The molecule has 0 spiro atoms. The fraction of sp³-hybridized carbons (Fsp3) is 0.711. The van der Waals surface area contributed by atoms with E-state index in [1.54, 1.807) is 0 Å². The highest BCUT2D eigenvalue weighted by Gasteiger charge is 2.10. The molecule has 224 valence electrons. The normalized spacial score (nSPS) is 11.4. The largest absolute Gasteiger partial charge is 0.465 e. The minimum absolute atomic E-state index is 0.336. The van der Waals surface area contributed by atoms with E-state index in [-0.39, 0.29) is 5.97 Å². The van der Waals surface area contributed by atoms with Crippen LogP contribution in [0.2, 0.25) is 0 Å². The zero-order valence-corrected chi connectivity index (χ0v) is 27.3. The van der Waals surface area contributed by atoms with Crippen LogP contribution in [-0.4, -0.2) is 13.1 Å². The summed E-state index contributed by atoms with van der Waals surface area (Å²) in [6.07, 6.45) is 22.6. The first-order chi connectivity index (χ1) is 19.0. The maximum absolute atomic E-state index is 12.2. The Hall–Kier alpha value is -2.19. The summed E-state index contributed by atoms with van der Waals surface area (Å²) < 4.78 is 4.95. The Bertz CT molecular complexity index is 881. The molecule has 0 aliphatic carbocycles. The predicted octanol–water partition coefficient (Wildman–Crippen LogP) is 11.3. The van der Waals surface area contributed by atoms with Gasteiger partial charge < -0.3 is 4.74 Å². The van der Waals surface area contributed by atoms with Gasteiger partial charge in [0.15, 0.2) is 0 Å². The summed E-state index contributed by atoms with van der Waals surface area (Å²) in [5.41, 5.74) is 3.15. The second kappa shape index (κ2) is 20.7. The highest BCUT2D eigenvalue weighted by atomic mass is 16.5. The third-order valence-electron chi connectivity index (χ3n) is 7.28. The predicted molar refractivity (Wildman–Crippen MR) is 174 cm³/mol. The van der Waals surface area contributed by atoms with Crippen LogP contribution < -0.4 is 0 Å². The van der Waals surface area contributed by atoms with Crippen LogP contribution in [0.1, 0.15) is 179 Å². The SMILES string of the molecule is COC(=O)c1cc(C#CCCCCCCCCCC(C)(C)C)cc(C#CCCCCCCCCCC(C)(C)C)c1. The van der Waals surface area contributed by atoms with E-state index in [0.717, 1.165) is 36.8 Å². The van der Waals surface area contributed by atoms with Gasteiger partial charge in [-0.05, 0) is 54.7 Å². The molecule has 0 fully saturated rings. The highest BCUT2D eigenvalue weighted by molar-refractivity contribution is 5.90. The molecule has 40 heavy (non-hydrogen) atoms. The van der Waals surface area contributed by atoms with E-state index in [0.29, 0.717) is 16.4 Å². The van der Waals surface area contributed by atoms with E-state index >= 15 is 0 Å². The average Bonchev–Trinajstić information content (AvgIpc) is 2.88. The van der Waals surface area contributed by atoms with Crippen LogP contribution in [0.3, 0.4) is 0 Å². The molecule has 1 aromatic carbocycles. The number of ether oxygens (including phenoxy) is 1. The molecule has 0 amide bonds. The van der Waals surface area contributed by atoms with Crippen LogP contribution >= 0.6 is 0 Å². The third kappa shape index (κ3) is 20.7. The number of hydrogen-bond acceptors (Lipinski definition) is 2. The number of carbonyl (C=O) groups excluding carboxylic acids is 1. The van der Waals surface area contributed by atoms with Crippen molar-refractivity contribution >= 4 is 5.97 Å². The van der Waals surface area contributed by atoms with Gasteiger partial charge >= 0.3 is 5.97 Å². The van der Waals surface area contributed by atoms with E-state index in [1.807, 2.05) is 18.2 Å². The summed E-state index contributed by atoms with van der Waals surface area (Å²) in [6, 6.07) is 5.65. The van der Waals surface area contributed by atoms with Gasteiger partial charge in [0.05, 0.1) is 12.7 Å². The second-order valence-corrected chi connectivity index (χ2v) is 14.0. The van der Waals surface area contributed by atoms with Crippen LogP contribution in [0.25, 0.3) is 0 Å². The molecule has 2 heteroatoms. The van der Waals surface area contributed by atoms with Crippen molar-refractivity contribution in [3.8, 4) is 23.7 Å². The topological polar surface area (TPSA) is 26.3 Å². The first kappa shape index (κ1) is 35.8. The molecule has 0 saturated heterocycles. The Morgan fingerprint density at radius 1 is 0.575 bits per heavy atom. The summed E-state index contributed by atoms with van der Waals surface area (Å²) in [4.78, 5) is 12.2. The lowest BCUT2D eigenvalue weighted by molar-refractivity contribution is 0.0600. The van der Waals surface area contributed by atoms with E-state index in [9.17, 15) is 4.79 Å². The van der Waals surface area contributed by atoms with Gasteiger partial charge in [-0.15, -0.1) is 0 Å². The molecule has 0 bridgehead atoms. The summed E-state index contributed by atoms with van der Waals surface area (Å²) in [5, 5.41) is 0. The van der Waals surface area contributed by atoms with Crippen molar-refractivity contribution in [2.45, 2.75) is 157 Å². The molecule has 0 aromatic heterocycles. The Labute approximate surface area is 248 Å². The van der Waals surface area contributed by atoms with Crippen molar-refractivity contribution < 1.29 is 9.53 Å². The molecule has 0 radical (unpaired) electrons. The number of unbranched alkanes of at least 4 members (excludes halogenated alkanes) is 14. The summed E-state index contributed by atoms with van der Waals surface area (Å²) >= 11 is 0. The standard InChI is InChI=1S/C38H60O2/c1-37(2,3)28-24-20-16-12-8-10-14-18-22-26-33-30-34(32-35(31-33)36(39)40-7)27-23-19-15-11-9-13-17-21-25-29-38(4,5)6/h30-32H,8-21,24-25,28-29H2,1-7H3. The fourth-order valence-electron chi connectivity index (χ4n) is 4.84. The molecule has 0 saturated carbocycles. The van der Waals surface area contributed by atoms with Crippen LogP contribution in [-0.2, 0) is 4.74 Å². The Kier molecular flexibility index (Phi) is 18.5. The molecular formula is C38H60O2. The maximum atomic E-state index is 12.2. The first-order valence-electron chi connectivity index (χ1n) is 16.2. The van der Waals surface area contributed by atoms with Crippen molar-refractivity contribution in [2.24, 2.45) is 10.8 Å². The molecule has 0 N–H and O–H groups in total. The molecule has 0 atom stereocenters. The minimum Gasteiger partial charge on any atom is -0.465 e. The van der Waals surface area contributed by atoms with Crippen molar-refractivity contribution in [3.63, 3.8) is 0 Å².